The van der Waals surface area contributed by atoms with E-state index >= 15 is 0 Å². The number of nitrogens with zero attached hydrogens (tertiary/aromatic N) is 2. The molecule has 0 amide bonds. The molecule has 1 fully saturated rings. The van der Waals surface area contributed by atoms with Crippen LogP contribution < -0.4 is 9.64 Å². The molecule has 0 unspecified atom stereocenters. The lowest BCUT2D eigenvalue weighted by Crippen LogP contribution is -2.46. The lowest BCUT2D eigenvalue weighted by molar-refractivity contribution is -0.0346. The normalized spacial score (nSPS) is 28.7. The molecule has 3 nitrogen and oxygen atoms in total. The van der Waals surface area contributed by atoms with Gasteiger partial charge >= 0.3 is 5.51 Å². The summed E-state index contributed by atoms with van der Waals surface area (Å²) in [4.78, 5) is 3.94. The zero-order chi connectivity index (χ0) is 15.4. The Labute approximate surface area is 126 Å². The first-order valence-corrected chi connectivity index (χ1v) is 7.48. The van der Waals surface area contributed by atoms with Crippen molar-refractivity contribution in [1.82, 2.24) is 4.90 Å². The van der Waals surface area contributed by atoms with Gasteiger partial charge < -0.3 is 9.64 Å². The zero-order valence-corrected chi connectivity index (χ0v) is 12.9. The summed E-state index contributed by atoms with van der Waals surface area (Å²) >= 11 is 0.113. The SMILES string of the molecule is COc1ccc2c(c1)[C@]1(SC(F)(F)F)CCN(C)[C@@H]1N2C. The van der Waals surface area contributed by atoms with Crippen molar-refractivity contribution in [2.75, 3.05) is 32.6 Å². The summed E-state index contributed by atoms with van der Waals surface area (Å²) in [6, 6.07) is 5.39. The van der Waals surface area contributed by atoms with Gasteiger partial charge in [-0.1, -0.05) is 0 Å². The van der Waals surface area contributed by atoms with E-state index in [1.165, 1.54) is 7.11 Å². The van der Waals surface area contributed by atoms with Crippen molar-refractivity contribution >= 4 is 17.4 Å². The van der Waals surface area contributed by atoms with Crippen LogP contribution in [0.3, 0.4) is 0 Å². The van der Waals surface area contributed by atoms with Gasteiger partial charge in [0.2, 0.25) is 0 Å². The first-order chi connectivity index (χ1) is 9.78. The molecule has 0 aromatic heterocycles. The Morgan fingerprint density at radius 3 is 2.67 bits per heavy atom. The summed E-state index contributed by atoms with van der Waals surface area (Å²) < 4.78 is 43.7. The van der Waals surface area contributed by atoms with E-state index in [-0.39, 0.29) is 17.9 Å². The predicted octanol–water partition coefficient (Wildman–Crippen LogP) is 3.25. The summed E-state index contributed by atoms with van der Waals surface area (Å²) in [5, 5.41) is 0. The second-order valence-electron chi connectivity index (χ2n) is 5.54. The fraction of sp³-hybridized carbons (Fsp3) is 0.571. The van der Waals surface area contributed by atoms with Crippen LogP contribution in [-0.4, -0.2) is 44.3 Å². The van der Waals surface area contributed by atoms with Crippen molar-refractivity contribution in [3.63, 3.8) is 0 Å². The van der Waals surface area contributed by atoms with Crippen LogP contribution in [0.5, 0.6) is 5.75 Å². The highest BCUT2D eigenvalue weighted by atomic mass is 32.2. The number of hydrogen-bond acceptors (Lipinski definition) is 4. The third-order valence-corrected chi connectivity index (χ3v) is 5.61. The molecule has 21 heavy (non-hydrogen) atoms. The number of alkyl halides is 3. The summed E-state index contributed by atoms with van der Waals surface area (Å²) in [5.41, 5.74) is -2.69. The number of fused-ring (bicyclic) bond motifs is 3. The topological polar surface area (TPSA) is 15.7 Å². The number of benzene rings is 1. The number of methoxy groups -OCH3 is 1. The second-order valence-corrected chi connectivity index (χ2v) is 6.93. The standard InChI is InChI=1S/C14H17F3N2OS/c1-18-7-6-13(21-14(15,16)17)10-8-9(20-3)4-5-11(10)19(2)12(13)18/h4-5,8,12H,6-7H2,1-3H3/t12-,13-/m1/s1. The molecule has 3 rings (SSSR count). The number of hydrogen-bond donors (Lipinski definition) is 0. The molecule has 0 spiro atoms. The number of halogens is 3. The van der Waals surface area contributed by atoms with E-state index in [1.54, 1.807) is 12.1 Å². The lowest BCUT2D eigenvalue weighted by atomic mass is 9.97. The van der Waals surface area contributed by atoms with Gasteiger partial charge in [-0.2, -0.15) is 13.2 Å². The van der Waals surface area contributed by atoms with E-state index in [0.717, 1.165) is 11.3 Å². The predicted molar refractivity (Wildman–Crippen MR) is 77.8 cm³/mol. The Morgan fingerprint density at radius 1 is 1.33 bits per heavy atom. The molecule has 7 heteroatoms. The van der Waals surface area contributed by atoms with Gasteiger partial charge in [0.05, 0.1) is 11.9 Å². The molecular formula is C14H17F3N2OS. The monoisotopic (exact) mass is 318 g/mol. The van der Waals surface area contributed by atoms with Gasteiger partial charge in [0.25, 0.3) is 0 Å². The Kier molecular flexibility index (Phi) is 3.33. The molecule has 1 aromatic rings. The molecule has 2 aliphatic heterocycles. The quantitative estimate of drug-likeness (QED) is 0.831. The van der Waals surface area contributed by atoms with Gasteiger partial charge in [0.1, 0.15) is 11.9 Å². The van der Waals surface area contributed by atoms with E-state index in [1.807, 2.05) is 30.0 Å². The van der Waals surface area contributed by atoms with Crippen molar-refractivity contribution in [2.45, 2.75) is 22.8 Å². The molecular weight excluding hydrogens is 301 g/mol. The maximum absolute atomic E-state index is 13.2. The molecule has 0 aliphatic carbocycles. The molecule has 116 valence electrons. The van der Waals surface area contributed by atoms with E-state index in [2.05, 4.69) is 0 Å². The zero-order valence-electron chi connectivity index (χ0n) is 12.1. The number of thioether (sulfide) groups is 1. The van der Waals surface area contributed by atoms with Crippen molar-refractivity contribution < 1.29 is 17.9 Å². The van der Waals surface area contributed by atoms with Gasteiger partial charge in [-0.05, 0) is 49.0 Å². The van der Waals surface area contributed by atoms with E-state index in [0.29, 0.717) is 18.7 Å². The van der Waals surface area contributed by atoms with E-state index < -0.39 is 10.3 Å². The Morgan fingerprint density at radius 2 is 2.05 bits per heavy atom. The lowest BCUT2D eigenvalue weighted by Gasteiger charge is -2.34. The largest absolute Gasteiger partial charge is 0.497 e. The van der Waals surface area contributed by atoms with Crippen molar-refractivity contribution in [2.24, 2.45) is 0 Å². The summed E-state index contributed by atoms with van der Waals surface area (Å²) in [5.74, 6) is 0.597. The maximum atomic E-state index is 13.2. The highest BCUT2D eigenvalue weighted by Crippen LogP contribution is 2.61. The summed E-state index contributed by atoms with van der Waals surface area (Å²) in [6.07, 6.45) is 0.189. The third kappa shape index (κ3) is 2.17. The molecule has 1 aromatic carbocycles. The minimum absolute atomic E-state index is 0.113. The average Bonchev–Trinajstić information content (AvgIpc) is 2.84. The number of likely N-dealkylation sites (tertiary alicyclic amines) is 1. The van der Waals surface area contributed by atoms with E-state index in [9.17, 15) is 13.2 Å². The smallest absolute Gasteiger partial charge is 0.442 e. The Bertz CT molecular complexity index is 566. The summed E-state index contributed by atoms with van der Waals surface area (Å²) in [7, 11) is 5.27. The molecule has 0 radical (unpaired) electrons. The maximum Gasteiger partial charge on any atom is 0.442 e. The fourth-order valence-electron chi connectivity index (χ4n) is 3.62. The number of ether oxygens (including phenoxy) is 1. The number of rotatable bonds is 2. The van der Waals surface area contributed by atoms with Gasteiger partial charge in [0, 0.05) is 19.3 Å². The molecule has 0 saturated carbocycles. The van der Waals surface area contributed by atoms with Crippen LogP contribution in [0.4, 0.5) is 18.9 Å². The minimum Gasteiger partial charge on any atom is -0.497 e. The highest BCUT2D eigenvalue weighted by Gasteiger charge is 2.60. The summed E-state index contributed by atoms with van der Waals surface area (Å²) in [6.45, 7) is 0.648. The van der Waals surface area contributed by atoms with Gasteiger partial charge in [-0.3, -0.25) is 4.90 Å². The fourth-order valence-corrected chi connectivity index (χ4v) is 4.94. The van der Waals surface area contributed by atoms with Crippen LogP contribution in [0.15, 0.2) is 18.2 Å². The van der Waals surface area contributed by atoms with Crippen LogP contribution in [0.25, 0.3) is 0 Å². The first kappa shape index (κ1) is 14.8. The minimum atomic E-state index is -4.27. The molecule has 0 N–H and O–H groups in total. The molecule has 2 heterocycles. The van der Waals surface area contributed by atoms with Crippen LogP contribution in [0.2, 0.25) is 0 Å². The van der Waals surface area contributed by atoms with Gasteiger partial charge in [-0.15, -0.1) is 0 Å². The van der Waals surface area contributed by atoms with E-state index in [4.69, 9.17) is 4.74 Å². The number of anilines is 1. The second kappa shape index (κ2) is 4.71. The molecule has 2 aliphatic rings. The molecule has 1 saturated heterocycles. The van der Waals surface area contributed by atoms with Crippen LogP contribution in [-0.2, 0) is 4.75 Å². The van der Waals surface area contributed by atoms with Crippen molar-refractivity contribution in [1.29, 1.82) is 0 Å². The number of likely N-dealkylation sites (N-methyl/N-ethyl adjacent to an activating group) is 2. The highest BCUT2D eigenvalue weighted by molar-refractivity contribution is 8.01. The average molecular weight is 318 g/mol. The van der Waals surface area contributed by atoms with Crippen LogP contribution in [0.1, 0.15) is 12.0 Å². The van der Waals surface area contributed by atoms with Crippen LogP contribution in [0, 0.1) is 0 Å². The van der Waals surface area contributed by atoms with Gasteiger partial charge in [0.15, 0.2) is 0 Å². The third-order valence-electron chi connectivity index (χ3n) is 4.37. The molecule has 0 bridgehead atoms. The Balaban J connectivity index is 2.15. The van der Waals surface area contributed by atoms with Crippen LogP contribution >= 0.6 is 11.8 Å². The van der Waals surface area contributed by atoms with Crippen molar-refractivity contribution in [3.05, 3.63) is 23.8 Å². The Hall–Kier alpha value is -1.08. The first-order valence-electron chi connectivity index (χ1n) is 6.67. The molecule has 2 atom stereocenters. The van der Waals surface area contributed by atoms with Gasteiger partial charge in [-0.25, -0.2) is 0 Å². The van der Waals surface area contributed by atoms with Crippen molar-refractivity contribution in [3.8, 4) is 5.75 Å².